The molecule has 128 valence electrons. The summed E-state index contributed by atoms with van der Waals surface area (Å²) >= 11 is 3.81. The zero-order valence-corrected chi connectivity index (χ0v) is 14.9. The Labute approximate surface area is 154 Å². The predicted octanol–water partition coefficient (Wildman–Crippen LogP) is 4.73. The van der Waals surface area contributed by atoms with Gasteiger partial charge in [-0.15, -0.1) is 23.5 Å². The van der Waals surface area contributed by atoms with Gasteiger partial charge in [0.05, 0.1) is 15.1 Å². The molecule has 1 saturated heterocycles. The van der Waals surface area contributed by atoms with E-state index in [0.717, 1.165) is 17.2 Å². The number of hydrogen-bond acceptors (Lipinski definition) is 5. The Kier molecular flexibility index (Phi) is 5.78. The van der Waals surface area contributed by atoms with E-state index in [4.69, 9.17) is 0 Å². The molecule has 1 heterocycles. The van der Waals surface area contributed by atoms with Gasteiger partial charge >= 0.3 is 0 Å². The standard InChI is InChI=1S/C18H16N2O3S2/c21-17(9-8-13-4-1-2-7-16(13)20(22)23)19-15-6-3-5-14(12-15)18-24-10-11-25-18/h1-9,12,18H,10-11H2,(H,19,21)/b9-8+. The maximum atomic E-state index is 12.1. The van der Waals surface area contributed by atoms with Crippen LogP contribution < -0.4 is 5.32 Å². The van der Waals surface area contributed by atoms with Gasteiger partial charge in [-0.25, -0.2) is 0 Å². The average molecular weight is 372 g/mol. The zero-order valence-electron chi connectivity index (χ0n) is 13.3. The van der Waals surface area contributed by atoms with E-state index in [-0.39, 0.29) is 11.6 Å². The summed E-state index contributed by atoms with van der Waals surface area (Å²) in [6.45, 7) is 0. The van der Waals surface area contributed by atoms with Gasteiger partial charge in [0.2, 0.25) is 5.91 Å². The number of carbonyl (C=O) groups excluding carboxylic acids is 1. The van der Waals surface area contributed by atoms with Crippen LogP contribution in [0.1, 0.15) is 15.7 Å². The summed E-state index contributed by atoms with van der Waals surface area (Å²) < 4.78 is 0.416. The normalized spacial score (nSPS) is 14.7. The van der Waals surface area contributed by atoms with Crippen LogP contribution in [0.25, 0.3) is 6.08 Å². The molecule has 0 spiro atoms. The lowest BCUT2D eigenvalue weighted by molar-refractivity contribution is -0.385. The molecule has 2 aromatic carbocycles. The van der Waals surface area contributed by atoms with Gasteiger partial charge in [0.25, 0.3) is 5.69 Å². The SMILES string of the molecule is O=C(/C=C/c1ccccc1[N+](=O)[O-])Nc1cccc(C2SCCS2)c1. The molecule has 0 atom stereocenters. The summed E-state index contributed by atoms with van der Waals surface area (Å²) in [6, 6.07) is 14.1. The summed E-state index contributed by atoms with van der Waals surface area (Å²) in [5.41, 5.74) is 2.29. The second-order valence-electron chi connectivity index (χ2n) is 5.34. The topological polar surface area (TPSA) is 72.2 Å². The third-order valence-corrected chi connectivity index (χ3v) is 6.70. The van der Waals surface area contributed by atoms with Gasteiger partial charge < -0.3 is 5.32 Å². The quantitative estimate of drug-likeness (QED) is 0.467. The van der Waals surface area contributed by atoms with Gasteiger partial charge in [-0.1, -0.05) is 24.3 Å². The van der Waals surface area contributed by atoms with Crippen LogP contribution in [-0.4, -0.2) is 22.3 Å². The Morgan fingerprint density at radius 3 is 2.68 bits per heavy atom. The lowest BCUT2D eigenvalue weighted by Crippen LogP contribution is -2.08. The molecule has 1 fully saturated rings. The number of thioether (sulfide) groups is 2. The number of para-hydroxylation sites is 1. The highest BCUT2D eigenvalue weighted by Gasteiger charge is 2.18. The van der Waals surface area contributed by atoms with Crippen molar-refractivity contribution in [2.45, 2.75) is 4.58 Å². The molecule has 1 aliphatic rings. The minimum absolute atomic E-state index is 0.0242. The molecular formula is C18H16N2O3S2. The van der Waals surface area contributed by atoms with Crippen LogP contribution in [0.3, 0.4) is 0 Å². The minimum atomic E-state index is -0.460. The average Bonchev–Trinajstić information content (AvgIpc) is 3.15. The first kappa shape index (κ1) is 17.6. The molecule has 2 aromatic rings. The number of carbonyl (C=O) groups is 1. The van der Waals surface area contributed by atoms with E-state index in [2.05, 4.69) is 11.4 Å². The molecule has 1 N–H and O–H groups in total. The first-order valence-electron chi connectivity index (χ1n) is 7.69. The molecule has 1 amide bonds. The van der Waals surface area contributed by atoms with Gasteiger partial charge in [-0.05, 0) is 29.8 Å². The van der Waals surface area contributed by atoms with Gasteiger partial charge in [0.1, 0.15) is 0 Å². The third kappa shape index (κ3) is 4.64. The van der Waals surface area contributed by atoms with Crippen LogP contribution in [0.15, 0.2) is 54.6 Å². The number of benzene rings is 2. The van der Waals surface area contributed by atoms with E-state index in [1.807, 2.05) is 41.7 Å². The summed E-state index contributed by atoms with van der Waals surface area (Å²) in [7, 11) is 0. The number of rotatable bonds is 5. The van der Waals surface area contributed by atoms with Crippen LogP contribution in [0.5, 0.6) is 0 Å². The largest absolute Gasteiger partial charge is 0.323 e. The van der Waals surface area contributed by atoms with Gasteiger partial charge in [0, 0.05) is 29.3 Å². The van der Waals surface area contributed by atoms with E-state index in [0.29, 0.717) is 10.1 Å². The van der Waals surface area contributed by atoms with Crippen LogP contribution >= 0.6 is 23.5 Å². The molecule has 0 saturated carbocycles. The molecule has 0 bridgehead atoms. The zero-order chi connectivity index (χ0) is 17.6. The number of nitrogens with zero attached hydrogens (tertiary/aromatic N) is 1. The van der Waals surface area contributed by atoms with Crippen molar-refractivity contribution in [3.63, 3.8) is 0 Å². The first-order valence-corrected chi connectivity index (χ1v) is 9.79. The van der Waals surface area contributed by atoms with Crippen LogP contribution in [-0.2, 0) is 4.79 Å². The molecule has 7 heteroatoms. The van der Waals surface area contributed by atoms with Crippen molar-refractivity contribution in [2.24, 2.45) is 0 Å². The van der Waals surface area contributed by atoms with E-state index < -0.39 is 4.92 Å². The number of anilines is 1. The molecule has 3 rings (SSSR count). The second kappa shape index (κ2) is 8.22. The molecule has 25 heavy (non-hydrogen) atoms. The molecule has 0 aliphatic carbocycles. The molecule has 5 nitrogen and oxygen atoms in total. The number of nitrogens with one attached hydrogen (secondary N) is 1. The fourth-order valence-electron chi connectivity index (χ4n) is 2.46. The highest BCUT2D eigenvalue weighted by molar-refractivity contribution is 8.19. The number of nitro groups is 1. The third-order valence-electron chi connectivity index (χ3n) is 3.60. The van der Waals surface area contributed by atoms with Crippen molar-refractivity contribution < 1.29 is 9.72 Å². The van der Waals surface area contributed by atoms with E-state index in [1.165, 1.54) is 23.8 Å². The number of nitro benzene ring substituents is 1. The Balaban J connectivity index is 1.69. The summed E-state index contributed by atoms with van der Waals surface area (Å²) in [5, 5.41) is 13.8. The van der Waals surface area contributed by atoms with Crippen molar-refractivity contribution in [3.8, 4) is 0 Å². The molecule has 0 unspecified atom stereocenters. The van der Waals surface area contributed by atoms with Crippen LogP contribution in [0.2, 0.25) is 0 Å². The lowest BCUT2D eigenvalue weighted by atomic mass is 10.1. The van der Waals surface area contributed by atoms with Crippen molar-refractivity contribution in [3.05, 3.63) is 75.8 Å². The number of hydrogen-bond donors (Lipinski definition) is 1. The summed E-state index contributed by atoms with van der Waals surface area (Å²) in [5.74, 6) is 1.97. The van der Waals surface area contributed by atoms with Crippen LogP contribution in [0.4, 0.5) is 11.4 Å². The van der Waals surface area contributed by atoms with Gasteiger partial charge in [-0.2, -0.15) is 0 Å². The highest BCUT2D eigenvalue weighted by Crippen LogP contribution is 2.45. The van der Waals surface area contributed by atoms with Crippen molar-refractivity contribution in [1.29, 1.82) is 0 Å². The Hall–Kier alpha value is -2.25. The minimum Gasteiger partial charge on any atom is -0.323 e. The first-order chi connectivity index (χ1) is 12.1. The molecular weight excluding hydrogens is 356 g/mol. The maximum Gasteiger partial charge on any atom is 0.276 e. The van der Waals surface area contributed by atoms with Crippen molar-refractivity contribution >= 4 is 46.9 Å². The van der Waals surface area contributed by atoms with E-state index >= 15 is 0 Å². The number of amides is 1. The monoisotopic (exact) mass is 372 g/mol. The van der Waals surface area contributed by atoms with E-state index in [1.54, 1.807) is 18.2 Å². The summed E-state index contributed by atoms with van der Waals surface area (Å²) in [4.78, 5) is 22.6. The Bertz CT molecular complexity index is 817. The molecule has 0 aromatic heterocycles. The Morgan fingerprint density at radius 1 is 1.16 bits per heavy atom. The highest BCUT2D eigenvalue weighted by atomic mass is 32.2. The summed E-state index contributed by atoms with van der Waals surface area (Å²) in [6.07, 6.45) is 2.77. The molecule has 1 aliphatic heterocycles. The maximum absolute atomic E-state index is 12.1. The van der Waals surface area contributed by atoms with Crippen molar-refractivity contribution in [1.82, 2.24) is 0 Å². The Morgan fingerprint density at radius 2 is 1.92 bits per heavy atom. The molecule has 0 radical (unpaired) electrons. The van der Waals surface area contributed by atoms with Crippen molar-refractivity contribution in [2.75, 3.05) is 16.8 Å². The smallest absolute Gasteiger partial charge is 0.276 e. The van der Waals surface area contributed by atoms with Gasteiger partial charge in [-0.3, -0.25) is 14.9 Å². The van der Waals surface area contributed by atoms with E-state index in [9.17, 15) is 14.9 Å². The van der Waals surface area contributed by atoms with Crippen LogP contribution in [0, 0.1) is 10.1 Å². The lowest BCUT2D eigenvalue weighted by Gasteiger charge is -2.10. The van der Waals surface area contributed by atoms with Gasteiger partial charge in [0.15, 0.2) is 0 Å². The fourth-order valence-corrected chi connectivity index (χ4v) is 5.30. The predicted molar refractivity (Wildman–Crippen MR) is 105 cm³/mol. The fraction of sp³-hybridized carbons (Fsp3) is 0.167. The second-order valence-corrected chi connectivity index (χ2v) is 8.06.